The third kappa shape index (κ3) is 3.86. The number of nitrogens with zero attached hydrogens (tertiary/aromatic N) is 1. The van der Waals surface area contributed by atoms with Crippen molar-refractivity contribution >= 4 is 39.6 Å². The summed E-state index contributed by atoms with van der Waals surface area (Å²) in [6.45, 7) is 6.30. The number of rotatable bonds is 4. The summed E-state index contributed by atoms with van der Waals surface area (Å²) < 4.78 is 5.42. The Bertz CT molecular complexity index is 1120. The first-order chi connectivity index (χ1) is 15.0. The molecular weight excluding hydrogens is 430 g/mol. The fourth-order valence-corrected chi connectivity index (χ4v) is 5.92. The predicted octanol–water partition coefficient (Wildman–Crippen LogP) is 4.65. The van der Waals surface area contributed by atoms with Crippen LogP contribution in [-0.4, -0.2) is 29.4 Å². The molecule has 0 saturated heterocycles. The van der Waals surface area contributed by atoms with Crippen molar-refractivity contribution < 1.29 is 14.3 Å². The van der Waals surface area contributed by atoms with Crippen molar-refractivity contribution in [3.05, 3.63) is 68.2 Å². The topological polar surface area (TPSA) is 70.7 Å². The molecule has 0 unspecified atom stereocenters. The Morgan fingerprint density at radius 1 is 1.19 bits per heavy atom. The van der Waals surface area contributed by atoms with Gasteiger partial charge in [0.15, 0.2) is 0 Å². The van der Waals surface area contributed by atoms with Gasteiger partial charge in [-0.1, -0.05) is 18.2 Å². The molecule has 0 aliphatic carbocycles. The maximum atomic E-state index is 12.9. The maximum absolute atomic E-state index is 12.9. The molecule has 0 radical (unpaired) electrons. The summed E-state index contributed by atoms with van der Waals surface area (Å²) in [6, 6.07) is 11.3. The van der Waals surface area contributed by atoms with E-state index in [1.165, 1.54) is 21.8 Å². The van der Waals surface area contributed by atoms with Gasteiger partial charge in [-0.25, -0.2) is 4.79 Å². The van der Waals surface area contributed by atoms with Gasteiger partial charge in [0, 0.05) is 24.0 Å². The lowest BCUT2D eigenvalue weighted by atomic mass is 9.99. The lowest BCUT2D eigenvalue weighted by Gasteiger charge is -2.31. The number of carbonyl (C=O) groups excluding carboxylic acids is 2. The molecule has 1 atom stereocenters. The molecule has 1 aromatic carbocycles. The zero-order valence-corrected chi connectivity index (χ0v) is 18.9. The summed E-state index contributed by atoms with van der Waals surface area (Å²) in [5.74, 6) is 0.0869. The highest BCUT2D eigenvalue weighted by atomic mass is 32.1. The van der Waals surface area contributed by atoms with Crippen LogP contribution in [0.1, 0.15) is 56.0 Å². The molecule has 160 valence electrons. The quantitative estimate of drug-likeness (QED) is 0.445. The van der Waals surface area contributed by atoms with E-state index < -0.39 is 0 Å². The van der Waals surface area contributed by atoms with Crippen LogP contribution in [0.2, 0.25) is 0 Å². The van der Waals surface area contributed by atoms with Gasteiger partial charge in [0.2, 0.25) is 0 Å². The second-order valence-electron chi connectivity index (χ2n) is 8.01. The molecule has 2 N–H and O–H groups in total. The molecule has 2 aliphatic heterocycles. The van der Waals surface area contributed by atoms with Crippen LogP contribution < -0.4 is 15.4 Å². The molecule has 4 heterocycles. The minimum atomic E-state index is -0.365. The van der Waals surface area contributed by atoms with E-state index in [2.05, 4.69) is 29.4 Å². The van der Waals surface area contributed by atoms with E-state index in [0.29, 0.717) is 16.7 Å². The fourth-order valence-electron chi connectivity index (χ4n) is 4.02. The second kappa shape index (κ2) is 8.11. The molecule has 1 amide bonds. The Morgan fingerprint density at radius 3 is 2.71 bits per heavy atom. The van der Waals surface area contributed by atoms with E-state index in [-0.39, 0.29) is 18.0 Å². The van der Waals surface area contributed by atoms with Crippen molar-refractivity contribution in [2.75, 3.05) is 11.9 Å². The lowest BCUT2D eigenvalue weighted by Crippen LogP contribution is -2.39. The Morgan fingerprint density at radius 2 is 2.00 bits per heavy atom. The van der Waals surface area contributed by atoms with Gasteiger partial charge in [-0.2, -0.15) is 0 Å². The summed E-state index contributed by atoms with van der Waals surface area (Å²) in [5.41, 5.74) is 2.91. The van der Waals surface area contributed by atoms with Gasteiger partial charge < -0.3 is 15.4 Å². The minimum absolute atomic E-state index is 0.0255. The van der Waals surface area contributed by atoms with Crippen LogP contribution in [0.4, 0.5) is 5.00 Å². The third-order valence-electron chi connectivity index (χ3n) is 5.74. The van der Waals surface area contributed by atoms with Crippen molar-refractivity contribution in [3.63, 3.8) is 0 Å². The molecule has 0 fully saturated rings. The Labute approximate surface area is 188 Å². The number of thiophene rings is 2. The van der Waals surface area contributed by atoms with Crippen LogP contribution in [0, 0.1) is 0 Å². The Hall–Kier alpha value is -2.68. The zero-order chi connectivity index (χ0) is 21.5. The molecule has 0 saturated carbocycles. The van der Waals surface area contributed by atoms with E-state index in [4.69, 9.17) is 4.74 Å². The van der Waals surface area contributed by atoms with Crippen molar-refractivity contribution in [1.29, 1.82) is 0 Å². The highest BCUT2D eigenvalue weighted by Crippen LogP contribution is 2.41. The number of amides is 1. The summed E-state index contributed by atoms with van der Waals surface area (Å²) >= 11 is 3.04. The van der Waals surface area contributed by atoms with Gasteiger partial charge in [0.05, 0.1) is 5.56 Å². The van der Waals surface area contributed by atoms with Crippen LogP contribution >= 0.6 is 22.7 Å². The first-order valence-corrected chi connectivity index (χ1v) is 12.0. The molecule has 2 aliphatic rings. The van der Waals surface area contributed by atoms with Gasteiger partial charge >= 0.3 is 5.97 Å². The molecule has 5 rings (SSSR count). The van der Waals surface area contributed by atoms with Gasteiger partial charge in [-0.3, -0.25) is 9.69 Å². The summed E-state index contributed by atoms with van der Waals surface area (Å²) in [6.07, 6.45) is 0.590. The zero-order valence-electron chi connectivity index (χ0n) is 17.3. The predicted molar refractivity (Wildman–Crippen MR) is 123 cm³/mol. The van der Waals surface area contributed by atoms with Gasteiger partial charge in [0.25, 0.3) is 5.91 Å². The van der Waals surface area contributed by atoms with Crippen LogP contribution in [0.25, 0.3) is 0 Å². The number of hydrogen-bond donors (Lipinski definition) is 2. The molecule has 2 aromatic heterocycles. The van der Waals surface area contributed by atoms with Gasteiger partial charge in [0.1, 0.15) is 21.8 Å². The minimum Gasteiger partial charge on any atom is -0.422 e. The molecule has 31 heavy (non-hydrogen) atoms. The van der Waals surface area contributed by atoms with Crippen molar-refractivity contribution in [1.82, 2.24) is 10.2 Å². The fraction of sp³-hybridized carbons (Fsp3) is 0.304. The molecular formula is C23H23N3O3S2. The van der Waals surface area contributed by atoms with Crippen molar-refractivity contribution in [3.8, 4) is 5.75 Å². The van der Waals surface area contributed by atoms with Crippen LogP contribution in [-0.2, 0) is 13.0 Å². The number of esters is 1. The van der Waals surface area contributed by atoms with E-state index in [1.54, 1.807) is 29.5 Å². The second-order valence-corrected chi connectivity index (χ2v) is 10.1. The number of benzene rings is 1. The Balaban J connectivity index is 1.32. The molecule has 0 bridgehead atoms. The van der Waals surface area contributed by atoms with Gasteiger partial charge in [-0.05, 0) is 55.0 Å². The van der Waals surface area contributed by atoms with Crippen LogP contribution in [0.3, 0.4) is 0 Å². The average Bonchev–Trinajstić information content (AvgIpc) is 3.41. The average molecular weight is 454 g/mol. The summed E-state index contributed by atoms with van der Waals surface area (Å²) in [5, 5.41) is 9.35. The standard InChI is InChI=1S/C23H23N3O3S2/c1-13(2)26-10-9-16-18(12-26)31-22-19(16)21(27)24-20(25-22)14-5-7-15(8-6-14)29-23(28)17-4-3-11-30-17/h3-8,11,13,20,25H,9-10,12H2,1-2H3,(H,24,27)/t20-/m0/s1. The van der Waals surface area contributed by atoms with Crippen molar-refractivity contribution in [2.24, 2.45) is 0 Å². The third-order valence-corrected chi connectivity index (χ3v) is 7.74. The highest BCUT2D eigenvalue weighted by Gasteiger charge is 2.33. The number of hydrogen-bond acceptors (Lipinski definition) is 7. The van der Waals surface area contributed by atoms with Crippen LogP contribution in [0.5, 0.6) is 5.75 Å². The number of carbonyl (C=O) groups is 2. The molecule has 6 nitrogen and oxygen atoms in total. The highest BCUT2D eigenvalue weighted by molar-refractivity contribution is 7.16. The largest absolute Gasteiger partial charge is 0.422 e. The number of nitrogens with one attached hydrogen (secondary N) is 2. The monoisotopic (exact) mass is 453 g/mol. The smallest absolute Gasteiger partial charge is 0.353 e. The van der Waals surface area contributed by atoms with E-state index in [9.17, 15) is 9.59 Å². The van der Waals surface area contributed by atoms with Gasteiger partial charge in [-0.15, -0.1) is 22.7 Å². The molecule has 0 spiro atoms. The van der Waals surface area contributed by atoms with Crippen LogP contribution in [0.15, 0.2) is 41.8 Å². The summed E-state index contributed by atoms with van der Waals surface area (Å²) in [7, 11) is 0. The number of ether oxygens (including phenoxy) is 1. The maximum Gasteiger partial charge on any atom is 0.353 e. The van der Waals surface area contributed by atoms with E-state index >= 15 is 0 Å². The number of fused-ring (bicyclic) bond motifs is 3. The number of anilines is 1. The molecule has 3 aromatic rings. The SMILES string of the molecule is CC(C)N1CCc2c(sc3c2C(=O)N[C@H](c2ccc(OC(=O)c4cccs4)cc2)N3)C1. The van der Waals surface area contributed by atoms with Crippen molar-refractivity contribution in [2.45, 2.75) is 39.0 Å². The Kier molecular flexibility index (Phi) is 5.29. The first kappa shape index (κ1) is 20.2. The van der Waals surface area contributed by atoms with E-state index in [0.717, 1.165) is 35.6 Å². The first-order valence-electron chi connectivity index (χ1n) is 10.3. The normalized spacial score (nSPS) is 18.2. The lowest BCUT2D eigenvalue weighted by molar-refractivity contribution is 0.0739. The van der Waals surface area contributed by atoms with E-state index in [1.807, 2.05) is 23.6 Å². The molecule has 8 heteroatoms. The summed E-state index contributed by atoms with van der Waals surface area (Å²) in [4.78, 5) is 29.3.